The third kappa shape index (κ3) is 2.83. The SMILES string of the molecule is CCC(Nc1nc[nH]c(=O)c1N)C1CCCCC1. The summed E-state index contributed by atoms with van der Waals surface area (Å²) in [6, 6.07) is 0.363. The van der Waals surface area contributed by atoms with E-state index in [2.05, 4.69) is 22.2 Å². The van der Waals surface area contributed by atoms with Crippen LogP contribution in [0.3, 0.4) is 0 Å². The van der Waals surface area contributed by atoms with Crippen molar-refractivity contribution in [2.24, 2.45) is 5.92 Å². The van der Waals surface area contributed by atoms with Gasteiger partial charge in [0.05, 0.1) is 6.33 Å². The minimum absolute atomic E-state index is 0.187. The molecule has 0 spiro atoms. The zero-order chi connectivity index (χ0) is 13.0. The van der Waals surface area contributed by atoms with Gasteiger partial charge in [0.1, 0.15) is 5.69 Å². The maximum atomic E-state index is 11.4. The molecule has 1 aromatic rings. The van der Waals surface area contributed by atoms with Crippen molar-refractivity contribution in [3.8, 4) is 0 Å². The Morgan fingerprint density at radius 2 is 2.22 bits per heavy atom. The van der Waals surface area contributed by atoms with Crippen molar-refractivity contribution >= 4 is 11.5 Å². The van der Waals surface area contributed by atoms with Crippen molar-refractivity contribution < 1.29 is 0 Å². The van der Waals surface area contributed by atoms with Crippen molar-refractivity contribution in [3.05, 3.63) is 16.7 Å². The number of nitrogen functional groups attached to an aromatic ring is 1. The van der Waals surface area contributed by atoms with Crippen LogP contribution in [0.25, 0.3) is 0 Å². The van der Waals surface area contributed by atoms with Crippen LogP contribution in [0.2, 0.25) is 0 Å². The molecule has 1 heterocycles. The zero-order valence-electron chi connectivity index (χ0n) is 10.9. The number of aromatic nitrogens is 2. The molecule has 18 heavy (non-hydrogen) atoms. The van der Waals surface area contributed by atoms with Gasteiger partial charge in [0.25, 0.3) is 5.56 Å². The normalized spacial score (nSPS) is 18.5. The van der Waals surface area contributed by atoms with E-state index in [1.54, 1.807) is 0 Å². The van der Waals surface area contributed by atoms with Crippen LogP contribution in [0.1, 0.15) is 45.4 Å². The smallest absolute Gasteiger partial charge is 0.276 e. The summed E-state index contributed by atoms with van der Waals surface area (Å²) in [6.07, 6.45) is 8.90. The molecule has 0 amide bonds. The molecule has 1 aliphatic rings. The van der Waals surface area contributed by atoms with Gasteiger partial charge in [-0.05, 0) is 25.2 Å². The zero-order valence-corrected chi connectivity index (χ0v) is 10.9. The van der Waals surface area contributed by atoms with Crippen molar-refractivity contribution in [2.45, 2.75) is 51.5 Å². The third-order valence-corrected chi connectivity index (χ3v) is 3.87. The van der Waals surface area contributed by atoms with Crippen molar-refractivity contribution in [3.63, 3.8) is 0 Å². The first-order valence-electron chi connectivity index (χ1n) is 6.82. The summed E-state index contributed by atoms with van der Waals surface area (Å²) in [5, 5.41) is 3.35. The van der Waals surface area contributed by atoms with E-state index in [9.17, 15) is 4.79 Å². The molecule has 2 rings (SSSR count). The van der Waals surface area contributed by atoms with Gasteiger partial charge in [-0.15, -0.1) is 0 Å². The van der Waals surface area contributed by atoms with Crippen LogP contribution in [0.5, 0.6) is 0 Å². The summed E-state index contributed by atoms with van der Waals surface area (Å²) in [5.41, 5.74) is 5.66. The van der Waals surface area contributed by atoms with Crippen LogP contribution in [0, 0.1) is 5.92 Å². The average molecular weight is 250 g/mol. The van der Waals surface area contributed by atoms with E-state index in [0.717, 1.165) is 6.42 Å². The minimum Gasteiger partial charge on any atom is -0.391 e. The number of hydrogen-bond acceptors (Lipinski definition) is 4. The quantitative estimate of drug-likeness (QED) is 0.764. The first-order valence-corrected chi connectivity index (χ1v) is 6.82. The average Bonchev–Trinajstić information content (AvgIpc) is 2.41. The fourth-order valence-corrected chi connectivity index (χ4v) is 2.79. The summed E-state index contributed by atoms with van der Waals surface area (Å²) in [6.45, 7) is 2.16. The van der Waals surface area contributed by atoms with Crippen molar-refractivity contribution in [1.82, 2.24) is 9.97 Å². The van der Waals surface area contributed by atoms with Gasteiger partial charge < -0.3 is 16.0 Å². The van der Waals surface area contributed by atoms with Crippen LogP contribution >= 0.6 is 0 Å². The summed E-state index contributed by atoms with van der Waals surface area (Å²) in [7, 11) is 0. The molecule has 4 N–H and O–H groups in total. The molecule has 0 aromatic carbocycles. The molecule has 1 unspecified atom stereocenters. The molecule has 5 heteroatoms. The molecule has 1 fully saturated rings. The Balaban J connectivity index is 2.09. The Kier molecular flexibility index (Phi) is 4.23. The first-order chi connectivity index (χ1) is 8.72. The highest BCUT2D eigenvalue weighted by Gasteiger charge is 2.23. The summed E-state index contributed by atoms with van der Waals surface area (Å²) in [5.74, 6) is 1.19. The van der Waals surface area contributed by atoms with Gasteiger partial charge in [-0.3, -0.25) is 4.79 Å². The van der Waals surface area contributed by atoms with Crippen molar-refractivity contribution in [1.29, 1.82) is 0 Å². The van der Waals surface area contributed by atoms with E-state index in [1.165, 1.54) is 38.4 Å². The molecule has 0 aliphatic heterocycles. The molecule has 1 aliphatic carbocycles. The van der Waals surface area contributed by atoms with Gasteiger partial charge in [-0.2, -0.15) is 0 Å². The van der Waals surface area contributed by atoms with Gasteiger partial charge in [0.2, 0.25) is 0 Å². The van der Waals surface area contributed by atoms with Gasteiger partial charge in [-0.1, -0.05) is 26.2 Å². The predicted molar refractivity (Wildman–Crippen MR) is 73.5 cm³/mol. The number of hydrogen-bond donors (Lipinski definition) is 3. The first kappa shape index (κ1) is 12.9. The molecule has 0 radical (unpaired) electrons. The highest BCUT2D eigenvalue weighted by atomic mass is 16.1. The summed E-state index contributed by atoms with van der Waals surface area (Å²) < 4.78 is 0. The highest BCUT2D eigenvalue weighted by Crippen LogP contribution is 2.29. The third-order valence-electron chi connectivity index (χ3n) is 3.87. The second-order valence-corrected chi connectivity index (χ2v) is 5.05. The molecule has 0 saturated heterocycles. The van der Waals surface area contributed by atoms with Crippen molar-refractivity contribution in [2.75, 3.05) is 11.1 Å². The molecule has 1 saturated carbocycles. The van der Waals surface area contributed by atoms with Gasteiger partial charge in [-0.25, -0.2) is 4.98 Å². The number of anilines is 2. The molecular weight excluding hydrogens is 228 g/mol. The Labute approximate surface area is 107 Å². The van der Waals surface area contributed by atoms with Crippen LogP contribution in [-0.2, 0) is 0 Å². The molecular formula is C13H22N4O. The van der Waals surface area contributed by atoms with E-state index >= 15 is 0 Å². The number of H-pyrrole nitrogens is 1. The Hall–Kier alpha value is -1.52. The van der Waals surface area contributed by atoms with E-state index in [4.69, 9.17) is 5.73 Å². The lowest BCUT2D eigenvalue weighted by molar-refractivity contribution is 0.312. The van der Waals surface area contributed by atoms with Gasteiger partial charge >= 0.3 is 0 Å². The number of nitrogens with zero attached hydrogens (tertiary/aromatic N) is 1. The highest BCUT2D eigenvalue weighted by molar-refractivity contribution is 5.59. The van der Waals surface area contributed by atoms with Gasteiger partial charge in [0, 0.05) is 6.04 Å². The number of rotatable bonds is 4. The lowest BCUT2D eigenvalue weighted by Gasteiger charge is -2.30. The lowest BCUT2D eigenvalue weighted by Crippen LogP contribution is -2.31. The second-order valence-electron chi connectivity index (χ2n) is 5.05. The van der Waals surface area contributed by atoms with E-state index < -0.39 is 0 Å². The fourth-order valence-electron chi connectivity index (χ4n) is 2.79. The summed E-state index contributed by atoms with van der Waals surface area (Å²) in [4.78, 5) is 18.0. The molecule has 100 valence electrons. The minimum atomic E-state index is -0.272. The Morgan fingerprint density at radius 3 is 2.89 bits per heavy atom. The maximum absolute atomic E-state index is 11.4. The molecule has 1 aromatic heterocycles. The number of nitrogens with one attached hydrogen (secondary N) is 2. The fraction of sp³-hybridized carbons (Fsp3) is 0.692. The second kappa shape index (κ2) is 5.89. The monoisotopic (exact) mass is 250 g/mol. The molecule has 1 atom stereocenters. The molecule has 0 bridgehead atoms. The van der Waals surface area contributed by atoms with Gasteiger partial charge in [0.15, 0.2) is 5.82 Å². The topological polar surface area (TPSA) is 83.8 Å². The number of aromatic amines is 1. The van der Waals surface area contributed by atoms with Crippen LogP contribution < -0.4 is 16.6 Å². The van der Waals surface area contributed by atoms with Crippen LogP contribution in [0.4, 0.5) is 11.5 Å². The van der Waals surface area contributed by atoms with E-state index in [1.807, 2.05) is 0 Å². The predicted octanol–water partition coefficient (Wildman–Crippen LogP) is 2.12. The van der Waals surface area contributed by atoms with E-state index in [0.29, 0.717) is 17.8 Å². The standard InChI is InChI=1S/C13H22N4O/c1-2-10(9-6-4-3-5-7-9)17-12-11(14)13(18)16-8-15-12/h8-10H,2-7,14H2,1H3,(H2,15,16,17,18). The number of nitrogens with two attached hydrogens (primary N) is 1. The molecule has 5 nitrogen and oxygen atoms in total. The van der Waals surface area contributed by atoms with Crippen LogP contribution in [-0.4, -0.2) is 16.0 Å². The largest absolute Gasteiger partial charge is 0.391 e. The summed E-state index contributed by atoms with van der Waals surface area (Å²) >= 11 is 0. The van der Waals surface area contributed by atoms with E-state index in [-0.39, 0.29) is 11.2 Å². The maximum Gasteiger partial charge on any atom is 0.276 e. The Bertz CT molecular complexity index is 437. The Morgan fingerprint density at radius 1 is 1.50 bits per heavy atom. The van der Waals surface area contributed by atoms with Crippen LogP contribution in [0.15, 0.2) is 11.1 Å². The lowest BCUT2D eigenvalue weighted by atomic mass is 9.83.